The van der Waals surface area contributed by atoms with Crippen LogP contribution in [-0.2, 0) is 18.6 Å². The summed E-state index contributed by atoms with van der Waals surface area (Å²) in [6.07, 6.45) is 0. The standard InChI is InChI=1S/C8H10O.V/c1-6-4-3-5-7(2)8(6)9;/h3-5,9H,1-2H3;. The van der Waals surface area contributed by atoms with Gasteiger partial charge in [-0.15, -0.1) is 0 Å². The Labute approximate surface area is 73.0 Å². The van der Waals surface area contributed by atoms with Gasteiger partial charge in [-0.1, -0.05) is 18.2 Å². The van der Waals surface area contributed by atoms with E-state index in [-0.39, 0.29) is 18.6 Å². The Morgan fingerprint density at radius 1 is 1.10 bits per heavy atom. The normalized spacial score (nSPS) is 8.60. The number of aromatic hydroxyl groups is 1. The number of para-hydroxylation sites is 1. The number of hydrogen-bond acceptors (Lipinski definition) is 1. The first-order valence-electron chi connectivity index (χ1n) is 2.97. The van der Waals surface area contributed by atoms with E-state index in [9.17, 15) is 5.11 Å². The molecular weight excluding hydrogens is 163 g/mol. The van der Waals surface area contributed by atoms with Gasteiger partial charge in [-0.3, -0.25) is 0 Å². The molecule has 0 bridgehead atoms. The molecule has 53 valence electrons. The van der Waals surface area contributed by atoms with Gasteiger partial charge in [-0.2, -0.15) is 0 Å². The third-order valence-corrected chi connectivity index (χ3v) is 1.44. The first-order chi connectivity index (χ1) is 4.22. The summed E-state index contributed by atoms with van der Waals surface area (Å²) in [6.45, 7) is 3.78. The Morgan fingerprint density at radius 2 is 1.50 bits per heavy atom. The number of phenols is 1. The van der Waals surface area contributed by atoms with Crippen LogP contribution in [-0.4, -0.2) is 5.11 Å². The molecular formula is C8H10OV. The second kappa shape index (κ2) is 3.69. The van der Waals surface area contributed by atoms with E-state index in [0.29, 0.717) is 5.75 Å². The summed E-state index contributed by atoms with van der Waals surface area (Å²) in [7, 11) is 0. The van der Waals surface area contributed by atoms with Crippen molar-refractivity contribution in [2.75, 3.05) is 0 Å². The quantitative estimate of drug-likeness (QED) is 0.636. The van der Waals surface area contributed by atoms with Gasteiger partial charge in [0.15, 0.2) is 0 Å². The van der Waals surface area contributed by atoms with E-state index in [2.05, 4.69) is 0 Å². The van der Waals surface area contributed by atoms with E-state index in [0.717, 1.165) is 11.1 Å². The Balaban J connectivity index is 0.000000810. The van der Waals surface area contributed by atoms with Crippen LogP contribution in [0.15, 0.2) is 18.2 Å². The van der Waals surface area contributed by atoms with Crippen molar-refractivity contribution in [1.29, 1.82) is 0 Å². The summed E-state index contributed by atoms with van der Waals surface area (Å²) in [6, 6.07) is 5.72. The fourth-order valence-electron chi connectivity index (χ4n) is 0.806. The van der Waals surface area contributed by atoms with Crippen molar-refractivity contribution < 1.29 is 23.7 Å². The van der Waals surface area contributed by atoms with Crippen LogP contribution in [0.25, 0.3) is 0 Å². The van der Waals surface area contributed by atoms with E-state index in [1.807, 2.05) is 32.0 Å². The molecule has 2 heteroatoms. The first-order valence-corrected chi connectivity index (χ1v) is 2.97. The molecule has 0 aliphatic carbocycles. The fraction of sp³-hybridized carbons (Fsp3) is 0.250. The summed E-state index contributed by atoms with van der Waals surface area (Å²) in [5.74, 6) is 0.414. The maximum absolute atomic E-state index is 9.21. The van der Waals surface area contributed by atoms with Gasteiger partial charge < -0.3 is 5.11 Å². The molecule has 0 unspecified atom stereocenters. The fourth-order valence-corrected chi connectivity index (χ4v) is 0.806. The van der Waals surface area contributed by atoms with E-state index < -0.39 is 0 Å². The van der Waals surface area contributed by atoms with Crippen LogP contribution in [0.1, 0.15) is 11.1 Å². The molecule has 0 saturated heterocycles. The predicted octanol–water partition coefficient (Wildman–Crippen LogP) is 2.01. The molecule has 1 aromatic carbocycles. The van der Waals surface area contributed by atoms with Gasteiger partial charge in [0.1, 0.15) is 5.75 Å². The molecule has 0 spiro atoms. The number of aryl methyl sites for hydroxylation is 2. The van der Waals surface area contributed by atoms with Crippen molar-refractivity contribution in [2.24, 2.45) is 0 Å². The third-order valence-electron chi connectivity index (χ3n) is 1.44. The molecule has 1 N–H and O–H groups in total. The topological polar surface area (TPSA) is 20.2 Å². The molecule has 1 radical (unpaired) electrons. The van der Waals surface area contributed by atoms with Gasteiger partial charge in [-0.05, 0) is 25.0 Å². The van der Waals surface area contributed by atoms with E-state index in [4.69, 9.17) is 0 Å². The average Bonchev–Trinajstić information content (AvgIpc) is 1.83. The van der Waals surface area contributed by atoms with Crippen LogP contribution >= 0.6 is 0 Å². The maximum Gasteiger partial charge on any atom is 0.121 e. The van der Waals surface area contributed by atoms with Crippen LogP contribution in [0.3, 0.4) is 0 Å². The van der Waals surface area contributed by atoms with Crippen LogP contribution in [0.4, 0.5) is 0 Å². The number of rotatable bonds is 0. The maximum atomic E-state index is 9.21. The monoisotopic (exact) mass is 173 g/mol. The zero-order valence-electron chi connectivity index (χ0n) is 6.13. The number of hydrogen-bond donors (Lipinski definition) is 1. The molecule has 1 rings (SSSR count). The van der Waals surface area contributed by atoms with Crippen molar-refractivity contribution in [2.45, 2.75) is 13.8 Å². The predicted molar refractivity (Wildman–Crippen MR) is 37.6 cm³/mol. The Kier molecular flexibility index (Phi) is 3.55. The van der Waals surface area contributed by atoms with Gasteiger partial charge in [0.2, 0.25) is 0 Å². The van der Waals surface area contributed by atoms with Crippen molar-refractivity contribution in [3.8, 4) is 5.75 Å². The second-order valence-electron chi connectivity index (χ2n) is 2.24. The zero-order chi connectivity index (χ0) is 6.85. The Hall–Kier alpha value is -0.396. The van der Waals surface area contributed by atoms with Gasteiger partial charge >= 0.3 is 0 Å². The average molecular weight is 173 g/mol. The summed E-state index contributed by atoms with van der Waals surface area (Å²) >= 11 is 0. The molecule has 0 saturated carbocycles. The molecule has 0 amide bonds. The largest absolute Gasteiger partial charge is 0.507 e. The van der Waals surface area contributed by atoms with Crippen molar-refractivity contribution in [3.05, 3.63) is 29.3 Å². The van der Waals surface area contributed by atoms with E-state index in [1.165, 1.54) is 0 Å². The molecule has 0 atom stereocenters. The number of benzene rings is 1. The minimum atomic E-state index is 0. The second-order valence-corrected chi connectivity index (χ2v) is 2.24. The zero-order valence-corrected chi connectivity index (χ0v) is 7.52. The van der Waals surface area contributed by atoms with E-state index >= 15 is 0 Å². The summed E-state index contributed by atoms with van der Waals surface area (Å²) in [5, 5.41) is 9.21. The Bertz CT molecular complexity index is 200. The molecule has 10 heavy (non-hydrogen) atoms. The summed E-state index contributed by atoms with van der Waals surface area (Å²) in [4.78, 5) is 0. The van der Waals surface area contributed by atoms with Crippen molar-refractivity contribution in [1.82, 2.24) is 0 Å². The van der Waals surface area contributed by atoms with Gasteiger partial charge in [-0.25, -0.2) is 0 Å². The van der Waals surface area contributed by atoms with Gasteiger partial charge in [0.25, 0.3) is 0 Å². The minimum Gasteiger partial charge on any atom is -0.507 e. The third kappa shape index (κ3) is 1.79. The van der Waals surface area contributed by atoms with Crippen molar-refractivity contribution >= 4 is 0 Å². The molecule has 0 heterocycles. The van der Waals surface area contributed by atoms with Crippen molar-refractivity contribution in [3.63, 3.8) is 0 Å². The van der Waals surface area contributed by atoms with Crippen LogP contribution in [0, 0.1) is 13.8 Å². The Morgan fingerprint density at radius 3 is 1.80 bits per heavy atom. The summed E-state index contributed by atoms with van der Waals surface area (Å²) in [5.41, 5.74) is 1.88. The van der Waals surface area contributed by atoms with Gasteiger partial charge in [0.05, 0.1) is 0 Å². The molecule has 0 aliphatic heterocycles. The smallest absolute Gasteiger partial charge is 0.121 e. The van der Waals surface area contributed by atoms with E-state index in [1.54, 1.807) is 0 Å². The van der Waals surface area contributed by atoms with Crippen LogP contribution < -0.4 is 0 Å². The molecule has 1 nitrogen and oxygen atoms in total. The SMILES string of the molecule is Cc1cccc(C)c1O.[V]. The molecule has 0 aromatic heterocycles. The minimum absolute atomic E-state index is 0. The van der Waals surface area contributed by atoms with Crippen LogP contribution in [0.5, 0.6) is 5.75 Å². The molecule has 1 aromatic rings. The summed E-state index contributed by atoms with van der Waals surface area (Å²) < 4.78 is 0. The van der Waals surface area contributed by atoms with Crippen LogP contribution in [0.2, 0.25) is 0 Å². The first kappa shape index (κ1) is 9.60. The number of phenolic OH excluding ortho intramolecular Hbond substituents is 1. The van der Waals surface area contributed by atoms with Gasteiger partial charge in [0, 0.05) is 18.6 Å². The molecule has 0 aliphatic rings. The molecule has 0 fully saturated rings.